The van der Waals surface area contributed by atoms with Gasteiger partial charge >= 0.3 is 5.97 Å². The van der Waals surface area contributed by atoms with Crippen molar-refractivity contribution >= 4 is 11.8 Å². The zero-order valence-corrected chi connectivity index (χ0v) is 13.4. The maximum absolute atomic E-state index is 11.8. The smallest absolute Gasteiger partial charge is 0.311 e. The van der Waals surface area contributed by atoms with E-state index in [9.17, 15) is 9.59 Å². The lowest BCUT2D eigenvalue weighted by Gasteiger charge is -2.04. The van der Waals surface area contributed by atoms with Crippen molar-refractivity contribution in [2.75, 3.05) is 0 Å². The number of benzene rings is 1. The van der Waals surface area contributed by atoms with Crippen LogP contribution in [0.2, 0.25) is 0 Å². The summed E-state index contributed by atoms with van der Waals surface area (Å²) in [5.41, 5.74) is 0.518. The van der Waals surface area contributed by atoms with E-state index in [1.165, 1.54) is 6.92 Å². The van der Waals surface area contributed by atoms with Crippen molar-refractivity contribution in [1.82, 2.24) is 10.1 Å². The number of hydrogen-bond donors (Lipinski definition) is 0. The predicted octanol–water partition coefficient (Wildman–Crippen LogP) is 3.15. The van der Waals surface area contributed by atoms with Gasteiger partial charge in [-0.2, -0.15) is 4.98 Å². The van der Waals surface area contributed by atoms with Crippen molar-refractivity contribution in [1.29, 1.82) is 0 Å². The van der Waals surface area contributed by atoms with Crippen LogP contribution in [0.25, 0.3) is 0 Å². The standard InChI is InChI=1S/C17H20N2O4/c1-3-6-15-18-16(23-19-15)9-5-10-17(21)22-14-8-4-7-13(11-14)12(2)20/h4,7-8,11H,3,5-6,9-10H2,1-2H3. The Balaban J connectivity index is 1.78. The van der Waals surface area contributed by atoms with Crippen molar-refractivity contribution in [3.8, 4) is 5.75 Å². The molecule has 0 fully saturated rings. The van der Waals surface area contributed by atoms with Gasteiger partial charge in [0.15, 0.2) is 11.6 Å². The zero-order valence-electron chi connectivity index (χ0n) is 13.4. The first-order valence-electron chi connectivity index (χ1n) is 7.71. The molecule has 0 saturated heterocycles. The Hall–Kier alpha value is -2.50. The molecular weight excluding hydrogens is 296 g/mol. The second-order valence-corrected chi connectivity index (χ2v) is 5.27. The Morgan fingerprint density at radius 2 is 2.09 bits per heavy atom. The number of Topliss-reactive ketones (excluding diaryl/α,β-unsaturated/α-hetero) is 1. The van der Waals surface area contributed by atoms with E-state index < -0.39 is 0 Å². The normalized spacial score (nSPS) is 10.5. The fourth-order valence-electron chi connectivity index (χ4n) is 2.06. The average molecular weight is 316 g/mol. The molecule has 1 aromatic carbocycles. The lowest BCUT2D eigenvalue weighted by Crippen LogP contribution is -2.08. The lowest BCUT2D eigenvalue weighted by atomic mass is 10.1. The molecule has 0 N–H and O–H groups in total. The van der Waals surface area contributed by atoms with E-state index >= 15 is 0 Å². The van der Waals surface area contributed by atoms with E-state index in [1.54, 1.807) is 24.3 Å². The summed E-state index contributed by atoms with van der Waals surface area (Å²) < 4.78 is 10.3. The molecule has 0 aliphatic heterocycles. The van der Waals surface area contributed by atoms with Gasteiger partial charge in [-0.1, -0.05) is 24.2 Å². The summed E-state index contributed by atoms with van der Waals surface area (Å²) in [5.74, 6) is 1.21. The third-order valence-corrected chi connectivity index (χ3v) is 3.23. The van der Waals surface area contributed by atoms with E-state index in [0.29, 0.717) is 35.9 Å². The van der Waals surface area contributed by atoms with Crippen LogP contribution in [0.3, 0.4) is 0 Å². The van der Waals surface area contributed by atoms with Crippen molar-refractivity contribution in [2.24, 2.45) is 0 Å². The van der Waals surface area contributed by atoms with E-state index in [1.807, 2.05) is 6.92 Å². The summed E-state index contributed by atoms with van der Waals surface area (Å²) >= 11 is 0. The highest BCUT2D eigenvalue weighted by molar-refractivity contribution is 5.94. The molecule has 1 heterocycles. The second-order valence-electron chi connectivity index (χ2n) is 5.27. The van der Waals surface area contributed by atoms with Gasteiger partial charge in [-0.25, -0.2) is 0 Å². The molecule has 0 aliphatic carbocycles. The quantitative estimate of drug-likeness (QED) is 0.423. The van der Waals surface area contributed by atoms with Gasteiger partial charge in [0, 0.05) is 24.8 Å². The Morgan fingerprint density at radius 3 is 2.83 bits per heavy atom. The second kappa shape index (κ2) is 8.22. The third kappa shape index (κ3) is 5.32. The Morgan fingerprint density at radius 1 is 1.26 bits per heavy atom. The number of ketones is 1. The SMILES string of the molecule is CCCc1noc(CCCC(=O)Oc2cccc(C(C)=O)c2)n1. The van der Waals surface area contributed by atoms with Crippen LogP contribution in [0.5, 0.6) is 5.75 Å². The molecule has 0 saturated carbocycles. The number of hydrogen-bond acceptors (Lipinski definition) is 6. The minimum absolute atomic E-state index is 0.0674. The number of carbonyl (C=O) groups excluding carboxylic acids is 2. The molecule has 1 aromatic heterocycles. The molecule has 2 rings (SSSR count). The largest absolute Gasteiger partial charge is 0.427 e. The fourth-order valence-corrected chi connectivity index (χ4v) is 2.06. The van der Waals surface area contributed by atoms with Gasteiger partial charge < -0.3 is 9.26 Å². The van der Waals surface area contributed by atoms with Crippen LogP contribution in [0.4, 0.5) is 0 Å². The van der Waals surface area contributed by atoms with Gasteiger partial charge in [-0.15, -0.1) is 0 Å². The number of aryl methyl sites for hydroxylation is 2. The molecule has 6 heteroatoms. The van der Waals surface area contributed by atoms with E-state index in [4.69, 9.17) is 9.26 Å². The molecule has 23 heavy (non-hydrogen) atoms. The van der Waals surface area contributed by atoms with Crippen molar-refractivity contribution in [3.63, 3.8) is 0 Å². The van der Waals surface area contributed by atoms with Crippen LogP contribution in [-0.4, -0.2) is 21.9 Å². The molecule has 0 spiro atoms. The van der Waals surface area contributed by atoms with Crippen molar-refractivity contribution in [2.45, 2.75) is 46.0 Å². The van der Waals surface area contributed by atoms with Crippen molar-refractivity contribution in [3.05, 3.63) is 41.5 Å². The van der Waals surface area contributed by atoms with Gasteiger partial charge in [-0.3, -0.25) is 9.59 Å². The summed E-state index contributed by atoms with van der Waals surface area (Å²) in [5, 5.41) is 3.86. The first-order chi connectivity index (χ1) is 11.1. The van der Waals surface area contributed by atoms with Crippen LogP contribution in [-0.2, 0) is 17.6 Å². The fraction of sp³-hybridized carbons (Fsp3) is 0.412. The Kier molecular flexibility index (Phi) is 6.02. The molecule has 0 atom stereocenters. The van der Waals surface area contributed by atoms with E-state index in [0.717, 1.165) is 12.8 Å². The molecule has 6 nitrogen and oxygen atoms in total. The van der Waals surface area contributed by atoms with Gasteiger partial charge in [0.2, 0.25) is 5.89 Å². The predicted molar refractivity (Wildman–Crippen MR) is 83.3 cm³/mol. The topological polar surface area (TPSA) is 82.3 Å². The van der Waals surface area contributed by atoms with Gasteiger partial charge in [0.05, 0.1) is 0 Å². The maximum atomic E-state index is 11.8. The third-order valence-electron chi connectivity index (χ3n) is 3.23. The molecule has 2 aromatic rings. The summed E-state index contributed by atoms with van der Waals surface area (Å²) in [7, 11) is 0. The van der Waals surface area contributed by atoms with Crippen LogP contribution in [0.1, 0.15) is 55.2 Å². The Bertz CT molecular complexity index is 679. The number of nitrogens with zero attached hydrogens (tertiary/aromatic N) is 2. The lowest BCUT2D eigenvalue weighted by molar-refractivity contribution is -0.134. The molecule has 0 aliphatic rings. The van der Waals surface area contributed by atoms with Gasteiger partial charge in [0.25, 0.3) is 0 Å². The summed E-state index contributed by atoms with van der Waals surface area (Å²) in [6.45, 7) is 3.52. The summed E-state index contributed by atoms with van der Waals surface area (Å²) in [4.78, 5) is 27.4. The van der Waals surface area contributed by atoms with Gasteiger partial charge in [0.1, 0.15) is 5.75 Å². The molecular formula is C17H20N2O4. The molecule has 122 valence electrons. The summed E-state index contributed by atoms with van der Waals surface area (Å²) in [6.07, 6.45) is 3.11. The monoisotopic (exact) mass is 316 g/mol. The number of rotatable bonds is 8. The molecule has 0 radical (unpaired) electrons. The van der Waals surface area contributed by atoms with Crippen LogP contribution < -0.4 is 4.74 Å². The number of ether oxygens (including phenoxy) is 1. The Labute approximate surface area is 134 Å². The molecule has 0 bridgehead atoms. The highest BCUT2D eigenvalue weighted by atomic mass is 16.5. The first kappa shape index (κ1) is 16.9. The summed E-state index contributed by atoms with van der Waals surface area (Å²) in [6, 6.07) is 6.59. The average Bonchev–Trinajstić information content (AvgIpc) is 2.95. The number of carbonyl (C=O) groups is 2. The first-order valence-corrected chi connectivity index (χ1v) is 7.71. The zero-order chi connectivity index (χ0) is 16.7. The van der Waals surface area contributed by atoms with Crippen LogP contribution >= 0.6 is 0 Å². The number of esters is 1. The van der Waals surface area contributed by atoms with Crippen LogP contribution in [0.15, 0.2) is 28.8 Å². The maximum Gasteiger partial charge on any atom is 0.311 e. The van der Waals surface area contributed by atoms with Gasteiger partial charge in [-0.05, 0) is 31.9 Å². The number of aromatic nitrogens is 2. The van der Waals surface area contributed by atoms with E-state index in [2.05, 4.69) is 10.1 Å². The van der Waals surface area contributed by atoms with E-state index in [-0.39, 0.29) is 18.2 Å². The highest BCUT2D eigenvalue weighted by Crippen LogP contribution is 2.15. The highest BCUT2D eigenvalue weighted by Gasteiger charge is 2.10. The van der Waals surface area contributed by atoms with Crippen molar-refractivity contribution < 1.29 is 18.8 Å². The minimum Gasteiger partial charge on any atom is -0.427 e. The van der Waals surface area contributed by atoms with Crippen LogP contribution in [0, 0.1) is 0 Å². The molecule has 0 unspecified atom stereocenters. The minimum atomic E-state index is -0.348. The molecule has 0 amide bonds.